The molecule has 0 unspecified atom stereocenters. The van der Waals surface area contributed by atoms with Crippen molar-refractivity contribution in [1.82, 2.24) is 16.0 Å². The summed E-state index contributed by atoms with van der Waals surface area (Å²) in [7, 11) is 0. The second kappa shape index (κ2) is 15.5. The Morgan fingerprint density at radius 3 is 2.29 bits per heavy atom. The molecule has 11 atom stereocenters. The van der Waals surface area contributed by atoms with E-state index >= 15 is 0 Å². The summed E-state index contributed by atoms with van der Waals surface area (Å²) < 4.78 is 0. The molecule has 0 spiro atoms. The molecular formula is C34H64N4O4. The van der Waals surface area contributed by atoms with E-state index in [1.165, 1.54) is 0 Å². The van der Waals surface area contributed by atoms with Gasteiger partial charge in [-0.15, -0.1) is 0 Å². The average molecular weight is 593 g/mol. The number of aliphatic hydroxyl groups excluding tert-OH is 3. The van der Waals surface area contributed by atoms with Gasteiger partial charge in [-0.05, 0) is 156 Å². The predicted octanol–water partition coefficient (Wildman–Crippen LogP) is 3.18. The first-order chi connectivity index (χ1) is 20.1. The van der Waals surface area contributed by atoms with Gasteiger partial charge in [-0.25, -0.2) is 0 Å². The smallest absolute Gasteiger partial charge is 0.220 e. The van der Waals surface area contributed by atoms with Gasteiger partial charge in [0, 0.05) is 13.0 Å². The van der Waals surface area contributed by atoms with E-state index in [9.17, 15) is 20.1 Å². The molecule has 8 nitrogen and oxygen atoms in total. The number of rotatable bonds is 16. The zero-order valence-corrected chi connectivity index (χ0v) is 27.0. The number of unbranched alkanes of at least 4 members (excludes halogenated alkanes) is 1. The molecule has 0 aromatic carbocycles. The van der Waals surface area contributed by atoms with Crippen molar-refractivity contribution in [2.45, 2.75) is 123 Å². The molecule has 0 bridgehead atoms. The van der Waals surface area contributed by atoms with Crippen LogP contribution in [0.2, 0.25) is 0 Å². The number of hydrogen-bond acceptors (Lipinski definition) is 7. The largest absolute Gasteiger partial charge is 0.393 e. The van der Waals surface area contributed by atoms with Gasteiger partial charge in [0.05, 0.1) is 18.3 Å². The van der Waals surface area contributed by atoms with Crippen molar-refractivity contribution in [2.24, 2.45) is 52.1 Å². The topological polar surface area (TPSA) is 140 Å². The van der Waals surface area contributed by atoms with Gasteiger partial charge >= 0.3 is 0 Å². The molecule has 0 aliphatic heterocycles. The van der Waals surface area contributed by atoms with E-state index in [0.717, 1.165) is 110 Å². The summed E-state index contributed by atoms with van der Waals surface area (Å²) in [4.78, 5) is 12.6. The highest BCUT2D eigenvalue weighted by Crippen LogP contribution is 2.68. The molecule has 0 radical (unpaired) electrons. The molecule has 1 amide bonds. The Morgan fingerprint density at radius 1 is 0.881 bits per heavy atom. The molecule has 4 saturated carbocycles. The van der Waals surface area contributed by atoms with Gasteiger partial charge in [-0.1, -0.05) is 20.8 Å². The molecule has 4 fully saturated rings. The minimum Gasteiger partial charge on any atom is -0.393 e. The van der Waals surface area contributed by atoms with Gasteiger partial charge < -0.3 is 37.0 Å². The van der Waals surface area contributed by atoms with Gasteiger partial charge in [-0.2, -0.15) is 0 Å². The highest BCUT2D eigenvalue weighted by Gasteiger charge is 2.65. The molecule has 0 saturated heterocycles. The normalized spacial score (nSPS) is 40.2. The third-order valence-electron chi connectivity index (χ3n) is 12.7. The average Bonchev–Trinajstić information content (AvgIpc) is 3.32. The second-order valence-electron chi connectivity index (χ2n) is 15.1. The molecule has 0 heterocycles. The number of hydrogen-bond donors (Lipinski definition) is 7. The Balaban J connectivity index is 1.18. The van der Waals surface area contributed by atoms with E-state index in [0.29, 0.717) is 42.6 Å². The molecule has 0 aromatic heterocycles. The van der Waals surface area contributed by atoms with Crippen LogP contribution in [0, 0.1) is 46.3 Å². The Bertz CT molecular complexity index is 846. The SMILES string of the molecule is C[C@H](CCC(=O)NCCCNCCCCNCCCN)[C@H]1CC[C@H]2[C@@H]3[C@H](O)C[C@@H]4C[C@H](O)CC[C@]4(C)[C@H]3C[C@H](O)[C@]12C. The van der Waals surface area contributed by atoms with Crippen LogP contribution in [0.3, 0.4) is 0 Å². The monoisotopic (exact) mass is 592 g/mol. The summed E-state index contributed by atoms with van der Waals surface area (Å²) in [6, 6.07) is 0. The molecule has 8 heteroatoms. The zero-order chi connectivity index (χ0) is 30.3. The maximum absolute atomic E-state index is 12.6. The van der Waals surface area contributed by atoms with Crippen LogP contribution < -0.4 is 21.7 Å². The van der Waals surface area contributed by atoms with E-state index in [4.69, 9.17) is 5.73 Å². The lowest BCUT2D eigenvalue weighted by Gasteiger charge is -2.63. The summed E-state index contributed by atoms with van der Waals surface area (Å²) in [6.45, 7) is 12.4. The molecule has 4 rings (SSSR count). The van der Waals surface area contributed by atoms with Crippen molar-refractivity contribution in [1.29, 1.82) is 0 Å². The van der Waals surface area contributed by atoms with Crippen LogP contribution in [-0.4, -0.2) is 78.8 Å². The van der Waals surface area contributed by atoms with Crippen LogP contribution in [0.5, 0.6) is 0 Å². The van der Waals surface area contributed by atoms with Gasteiger partial charge in [0.2, 0.25) is 5.91 Å². The molecular weight excluding hydrogens is 528 g/mol. The van der Waals surface area contributed by atoms with E-state index in [1.807, 2.05) is 0 Å². The Morgan fingerprint density at radius 2 is 1.57 bits per heavy atom. The fraction of sp³-hybridized carbons (Fsp3) is 0.971. The van der Waals surface area contributed by atoms with Crippen LogP contribution in [0.1, 0.15) is 104 Å². The maximum atomic E-state index is 12.6. The quantitative estimate of drug-likeness (QED) is 0.137. The summed E-state index contributed by atoms with van der Waals surface area (Å²) >= 11 is 0. The van der Waals surface area contributed by atoms with Gasteiger partial charge in [-0.3, -0.25) is 4.79 Å². The van der Waals surface area contributed by atoms with Crippen molar-refractivity contribution < 1.29 is 20.1 Å². The first-order valence-corrected chi connectivity index (χ1v) is 17.5. The highest BCUT2D eigenvalue weighted by molar-refractivity contribution is 5.75. The Labute approximate surface area is 255 Å². The zero-order valence-electron chi connectivity index (χ0n) is 27.0. The molecule has 4 aliphatic carbocycles. The molecule has 0 aromatic rings. The number of amides is 1. The maximum Gasteiger partial charge on any atom is 0.220 e. The van der Waals surface area contributed by atoms with Crippen LogP contribution >= 0.6 is 0 Å². The highest BCUT2D eigenvalue weighted by atomic mass is 16.3. The fourth-order valence-electron chi connectivity index (χ4n) is 10.2. The summed E-state index contributed by atoms with van der Waals surface area (Å²) in [6.07, 6.45) is 11.0. The lowest BCUT2D eigenvalue weighted by molar-refractivity contribution is -0.207. The number of nitrogens with two attached hydrogens (primary N) is 1. The van der Waals surface area contributed by atoms with Crippen molar-refractivity contribution in [3.63, 3.8) is 0 Å². The van der Waals surface area contributed by atoms with Crippen molar-refractivity contribution in [2.75, 3.05) is 39.3 Å². The number of nitrogens with one attached hydrogen (secondary N) is 3. The Kier molecular flexibility index (Phi) is 12.6. The standard InChI is InChI=1S/C34H64N4O4/c1-23(8-11-31(42)38-19-7-18-37-16-5-4-15-36-17-6-14-35)26-9-10-27-32-28(22-30(41)34(26,27)3)33(2)13-12-25(39)20-24(33)21-29(32)40/h23-30,32,36-37,39-41H,4-22,35H2,1-3H3,(H,38,42)/t23-,24+,25-,26-,27+,28+,29-,30+,32+,33+,34-/m1/s1. The third-order valence-corrected chi connectivity index (χ3v) is 12.7. The number of carbonyl (C=O) groups excluding carboxylic acids is 1. The lowest BCUT2D eigenvalue weighted by atomic mass is 9.43. The van der Waals surface area contributed by atoms with Gasteiger partial charge in [0.1, 0.15) is 0 Å². The molecule has 42 heavy (non-hydrogen) atoms. The van der Waals surface area contributed by atoms with E-state index in [2.05, 4.69) is 36.7 Å². The van der Waals surface area contributed by atoms with Crippen molar-refractivity contribution in [3.05, 3.63) is 0 Å². The van der Waals surface area contributed by atoms with E-state index in [-0.39, 0.29) is 41.0 Å². The number of aliphatic hydroxyl groups is 3. The molecule has 8 N–H and O–H groups in total. The number of carbonyl (C=O) groups is 1. The first kappa shape index (κ1) is 34.1. The number of fused-ring (bicyclic) bond motifs is 5. The third kappa shape index (κ3) is 7.54. The minimum absolute atomic E-state index is 0.102. The van der Waals surface area contributed by atoms with Crippen LogP contribution in [-0.2, 0) is 4.79 Å². The summed E-state index contributed by atoms with van der Waals surface area (Å²) in [5.41, 5.74) is 5.40. The second-order valence-corrected chi connectivity index (χ2v) is 15.1. The molecule has 244 valence electrons. The van der Waals surface area contributed by atoms with Crippen molar-refractivity contribution >= 4 is 5.91 Å². The van der Waals surface area contributed by atoms with Crippen LogP contribution in [0.25, 0.3) is 0 Å². The van der Waals surface area contributed by atoms with E-state index < -0.39 is 0 Å². The van der Waals surface area contributed by atoms with Gasteiger partial charge in [0.15, 0.2) is 0 Å². The summed E-state index contributed by atoms with van der Waals surface area (Å²) in [5.74, 6) is 2.10. The lowest BCUT2D eigenvalue weighted by Crippen LogP contribution is -2.62. The Hall–Kier alpha value is -0.770. The van der Waals surface area contributed by atoms with Crippen molar-refractivity contribution in [3.8, 4) is 0 Å². The fourth-order valence-corrected chi connectivity index (χ4v) is 10.2. The van der Waals surface area contributed by atoms with Crippen LogP contribution in [0.15, 0.2) is 0 Å². The first-order valence-electron chi connectivity index (χ1n) is 17.5. The minimum atomic E-state index is -0.373. The molecule has 4 aliphatic rings. The van der Waals surface area contributed by atoms with Gasteiger partial charge in [0.25, 0.3) is 0 Å². The van der Waals surface area contributed by atoms with E-state index in [1.54, 1.807) is 0 Å². The summed E-state index contributed by atoms with van der Waals surface area (Å²) in [5, 5.41) is 43.6. The van der Waals surface area contributed by atoms with Crippen LogP contribution in [0.4, 0.5) is 0 Å². The predicted molar refractivity (Wildman–Crippen MR) is 169 cm³/mol.